The van der Waals surface area contributed by atoms with Crippen molar-refractivity contribution in [2.45, 2.75) is 120 Å². The summed E-state index contributed by atoms with van der Waals surface area (Å²) in [6, 6.07) is 0. The van der Waals surface area contributed by atoms with E-state index in [-0.39, 0.29) is 6.92 Å². The fourth-order valence-corrected chi connectivity index (χ4v) is 6.39. The minimum absolute atomic E-state index is 0.135. The van der Waals surface area contributed by atoms with E-state index in [0.29, 0.717) is 0 Å². The Bertz CT molecular complexity index is 1990. The molecule has 0 aliphatic rings. The predicted octanol–water partition coefficient (Wildman–Crippen LogP) is 11.5. The first-order valence-electron chi connectivity index (χ1n) is 15.2. The average Bonchev–Trinajstić information content (AvgIpc) is 3.10. The lowest BCUT2D eigenvalue weighted by molar-refractivity contribution is -0.493. The fourth-order valence-electron chi connectivity index (χ4n) is 4.35. The van der Waals surface area contributed by atoms with Crippen LogP contribution in [0, 0.1) is 0 Å². The Morgan fingerprint density at radius 2 is 0.529 bits per heavy atom. The Hall–Kier alpha value is -2.53. The van der Waals surface area contributed by atoms with Gasteiger partial charge in [-0.1, -0.05) is 6.92 Å². The largest absolute Gasteiger partial charge is 0.460 e. The van der Waals surface area contributed by atoms with E-state index >= 15 is 0 Å². The second-order valence-corrected chi connectivity index (χ2v) is 16.7. The predicted molar refractivity (Wildman–Crippen MR) is 138 cm³/mol. The van der Waals surface area contributed by atoms with Crippen LogP contribution in [0.3, 0.4) is 0 Å². The molecule has 45 heteroatoms. The number of hydrogen-bond acceptors (Lipinski definition) is 3. The lowest BCUT2D eigenvalue weighted by atomic mass is 9.82. The Morgan fingerprint density at radius 3 is 0.691 bits per heavy atom. The van der Waals surface area contributed by atoms with Crippen LogP contribution < -0.4 is 0 Å². The molecule has 0 aromatic carbocycles. The summed E-state index contributed by atoms with van der Waals surface area (Å²) in [5.41, 5.74) is 0. The van der Waals surface area contributed by atoms with E-state index in [1.807, 2.05) is 0 Å². The number of nitrogens with zero attached hydrogens (tertiary/aromatic N) is 1. The van der Waals surface area contributed by atoms with E-state index in [1.54, 1.807) is 0 Å². The van der Waals surface area contributed by atoms with Gasteiger partial charge in [-0.2, -0.15) is 167 Å². The standard InChI is InChI=1S/C23H13F37NO5PS/c1-2-61(4-3-5-67(62,63)64)68(65,66)23(59,60)21(54,55)19(50,51)17(46,47)15(42,43)13(38,39)11(34,35)9(30,31)7(26,27)6(24,25)8(28,29)10(32,33)12(36,37)14(40,41)16(44,45)18(48,49)20(52,53)22(56,57)58/h2-5H2,1H3,(H2,62,63,64). The Kier molecular flexibility index (Phi) is 16.1. The first kappa shape index (κ1) is 65.5. The molecule has 0 aliphatic heterocycles. The Balaban J connectivity index is 7.91. The molecule has 0 fully saturated rings. The maximum absolute atomic E-state index is 14.5. The van der Waals surface area contributed by atoms with Gasteiger partial charge in [0.05, 0.1) is 6.16 Å². The first-order chi connectivity index (χ1) is 28.7. The summed E-state index contributed by atoms with van der Waals surface area (Å²) in [7, 11) is -13.5. The van der Waals surface area contributed by atoms with E-state index in [0.717, 1.165) is 0 Å². The third-order valence-corrected chi connectivity index (χ3v) is 11.4. The van der Waals surface area contributed by atoms with Crippen LogP contribution >= 0.6 is 7.60 Å². The van der Waals surface area contributed by atoms with E-state index in [2.05, 4.69) is 0 Å². The second-order valence-electron chi connectivity index (χ2n) is 12.9. The molecule has 0 aromatic heterocycles. The quantitative estimate of drug-likeness (QED) is 0.0785. The van der Waals surface area contributed by atoms with Crippen molar-refractivity contribution in [3.63, 3.8) is 0 Å². The molecule has 0 saturated heterocycles. The third-order valence-electron chi connectivity index (χ3n) is 8.51. The summed E-state index contributed by atoms with van der Waals surface area (Å²) >= 11 is 0. The molecule has 6 nitrogen and oxygen atoms in total. The van der Waals surface area contributed by atoms with Gasteiger partial charge < -0.3 is 9.79 Å². The van der Waals surface area contributed by atoms with Gasteiger partial charge in [-0.05, 0) is 6.42 Å². The van der Waals surface area contributed by atoms with Gasteiger partial charge in [0.15, 0.2) is 0 Å². The third kappa shape index (κ3) is 8.14. The molecular weight excluding hydrogens is 1140 g/mol. The number of halogens is 37. The highest BCUT2D eigenvalue weighted by Gasteiger charge is 3.03. The van der Waals surface area contributed by atoms with Crippen LogP contribution in [0.5, 0.6) is 0 Å². The van der Waals surface area contributed by atoms with Gasteiger partial charge in [0.25, 0.3) is 10.0 Å². The SMILES string of the molecule is CCN(CCCP(=O)(O)O)S(=O)(=O)C(F)(F)C(F)(F)C(F)(F)C(F)(F)C(F)(F)C(F)(F)C(F)(F)C(F)(F)C(F)(F)C(F)(F)C(F)(F)C(F)(F)C(F)(F)C(F)(F)C(F)(F)C(F)(F)C(F)(F)C(F)(F)F. The summed E-state index contributed by atoms with van der Waals surface area (Å²) < 4.78 is 545. The molecule has 410 valence electrons. The molecule has 0 saturated carbocycles. The van der Waals surface area contributed by atoms with Crippen LogP contribution in [0.4, 0.5) is 162 Å². The van der Waals surface area contributed by atoms with E-state index in [4.69, 9.17) is 9.79 Å². The molecule has 0 aliphatic carbocycles. The van der Waals surface area contributed by atoms with Crippen LogP contribution in [0.1, 0.15) is 13.3 Å². The van der Waals surface area contributed by atoms with Gasteiger partial charge in [-0.3, -0.25) is 4.57 Å². The van der Waals surface area contributed by atoms with Crippen molar-refractivity contribution in [3.8, 4) is 0 Å². The highest BCUT2D eigenvalue weighted by atomic mass is 32.2. The highest BCUT2D eigenvalue weighted by Crippen LogP contribution is 2.71. The molecule has 0 amide bonds. The zero-order chi connectivity index (χ0) is 56.4. The molecule has 2 N–H and O–H groups in total. The molecule has 0 spiro atoms. The van der Waals surface area contributed by atoms with Crippen LogP contribution in [-0.2, 0) is 14.6 Å². The number of rotatable bonds is 23. The summed E-state index contributed by atoms with van der Waals surface area (Å²) in [5, 5.41) is -8.37. The van der Waals surface area contributed by atoms with Crippen LogP contribution in [0.25, 0.3) is 0 Å². The topological polar surface area (TPSA) is 94.9 Å². The lowest BCUT2D eigenvalue weighted by Crippen LogP contribution is -2.80. The molecule has 0 rings (SSSR count). The van der Waals surface area contributed by atoms with Crippen molar-refractivity contribution in [1.82, 2.24) is 4.31 Å². The minimum atomic E-state index is -10.6. The van der Waals surface area contributed by atoms with Gasteiger partial charge in [0.2, 0.25) is 0 Å². The summed E-state index contributed by atoms with van der Waals surface area (Å²) in [6.45, 7) is -3.84. The molecule has 68 heavy (non-hydrogen) atoms. The van der Waals surface area contributed by atoms with Crippen molar-refractivity contribution in [2.24, 2.45) is 0 Å². The van der Waals surface area contributed by atoms with Crippen molar-refractivity contribution < 1.29 is 185 Å². The molecule has 0 aromatic rings. The number of hydrogen-bond donors (Lipinski definition) is 2. The lowest BCUT2D eigenvalue weighted by Gasteiger charge is -2.47. The van der Waals surface area contributed by atoms with Crippen molar-refractivity contribution in [1.29, 1.82) is 0 Å². The first-order valence-corrected chi connectivity index (χ1v) is 18.4. The summed E-state index contributed by atoms with van der Waals surface area (Å²) in [5.74, 6) is -161. The average molecular weight is 1150 g/mol. The van der Waals surface area contributed by atoms with Crippen LogP contribution in [-0.4, -0.2) is 148 Å². The minimum Gasteiger partial charge on any atom is -0.324 e. The molecule has 0 bridgehead atoms. The zero-order valence-corrected chi connectivity index (χ0v) is 31.9. The summed E-state index contributed by atoms with van der Waals surface area (Å²) in [6.07, 6.45) is -11.8. The van der Waals surface area contributed by atoms with Gasteiger partial charge in [-0.25, -0.2) is 8.42 Å². The molecule has 0 heterocycles. The second kappa shape index (κ2) is 16.8. The van der Waals surface area contributed by atoms with E-state index < -0.39 is 154 Å². The van der Waals surface area contributed by atoms with Crippen LogP contribution in [0.15, 0.2) is 0 Å². The van der Waals surface area contributed by atoms with Crippen molar-refractivity contribution in [3.05, 3.63) is 0 Å². The van der Waals surface area contributed by atoms with Gasteiger partial charge in [0.1, 0.15) is 0 Å². The zero-order valence-electron chi connectivity index (χ0n) is 30.2. The highest BCUT2D eigenvalue weighted by molar-refractivity contribution is 7.90. The normalized spacial score (nSPS) is 17.1. The van der Waals surface area contributed by atoms with Crippen molar-refractivity contribution >= 4 is 17.6 Å². The van der Waals surface area contributed by atoms with E-state index in [1.165, 1.54) is 0 Å². The number of alkyl halides is 37. The Morgan fingerprint density at radius 1 is 0.353 bits per heavy atom. The van der Waals surface area contributed by atoms with Gasteiger partial charge in [-0.15, -0.1) is 0 Å². The number of sulfonamides is 1. The molecular formula is C23H13F37NO5PS. The summed E-state index contributed by atoms with van der Waals surface area (Å²) in [4.78, 5) is 17.2. The van der Waals surface area contributed by atoms with Crippen LogP contribution in [0.2, 0.25) is 0 Å². The van der Waals surface area contributed by atoms with Gasteiger partial charge in [0, 0.05) is 13.1 Å². The molecule has 0 unspecified atom stereocenters. The maximum Gasteiger partial charge on any atom is 0.460 e. The van der Waals surface area contributed by atoms with Crippen molar-refractivity contribution in [2.75, 3.05) is 19.3 Å². The van der Waals surface area contributed by atoms with Gasteiger partial charge >= 0.3 is 114 Å². The molecule has 0 atom stereocenters. The smallest absolute Gasteiger partial charge is 0.324 e. The fraction of sp³-hybridized carbons (Fsp3) is 1.00. The monoisotopic (exact) mass is 1150 g/mol. The maximum atomic E-state index is 14.5. The Labute approximate surface area is 346 Å². The molecule has 0 radical (unpaired) electrons. The van der Waals surface area contributed by atoms with E-state index in [9.17, 15) is 175 Å².